The van der Waals surface area contributed by atoms with E-state index in [1.54, 1.807) is 0 Å². The minimum Gasteiger partial charge on any atom is -0.338 e. The van der Waals surface area contributed by atoms with Gasteiger partial charge in [0.2, 0.25) is 0 Å². The number of nitrogens with zero attached hydrogens (tertiary/aromatic N) is 2. The molecule has 1 aliphatic rings. The Kier molecular flexibility index (Phi) is 5.44. The van der Waals surface area contributed by atoms with E-state index >= 15 is 0 Å². The van der Waals surface area contributed by atoms with Crippen LogP contribution in [0.1, 0.15) is 51.8 Å². The molecule has 3 nitrogen and oxygen atoms in total. The molecule has 3 heteroatoms. The Labute approximate surface area is 117 Å². The Balaban J connectivity index is 1.90. The highest BCUT2D eigenvalue weighted by atomic mass is 15.0. The van der Waals surface area contributed by atoms with Crippen molar-refractivity contribution in [3.8, 4) is 0 Å². The fourth-order valence-electron chi connectivity index (χ4n) is 3.54. The number of nitrogens with one attached hydrogen (secondary N) is 1. The average Bonchev–Trinajstić information content (AvgIpc) is 2.80. The van der Waals surface area contributed by atoms with Crippen molar-refractivity contribution in [2.24, 2.45) is 18.9 Å². The molecule has 3 unspecified atom stereocenters. The first-order valence-corrected chi connectivity index (χ1v) is 7.90. The first-order valence-electron chi connectivity index (χ1n) is 7.90. The van der Waals surface area contributed by atoms with Crippen LogP contribution in [0.5, 0.6) is 0 Å². The lowest BCUT2D eigenvalue weighted by Gasteiger charge is -2.33. The van der Waals surface area contributed by atoms with Crippen LogP contribution in [-0.4, -0.2) is 22.1 Å². The van der Waals surface area contributed by atoms with Crippen molar-refractivity contribution in [1.29, 1.82) is 0 Å². The van der Waals surface area contributed by atoms with Gasteiger partial charge in [-0.3, -0.25) is 0 Å². The molecule has 0 aliphatic heterocycles. The van der Waals surface area contributed by atoms with E-state index < -0.39 is 0 Å². The van der Waals surface area contributed by atoms with Gasteiger partial charge in [0.25, 0.3) is 0 Å². The molecule has 3 atom stereocenters. The van der Waals surface area contributed by atoms with Gasteiger partial charge in [0.1, 0.15) is 5.82 Å². The summed E-state index contributed by atoms with van der Waals surface area (Å²) in [4.78, 5) is 4.44. The summed E-state index contributed by atoms with van der Waals surface area (Å²) in [5.74, 6) is 2.99. The third-order valence-corrected chi connectivity index (χ3v) is 4.61. The molecule has 1 fully saturated rings. The van der Waals surface area contributed by atoms with E-state index in [1.807, 2.05) is 12.4 Å². The highest BCUT2D eigenvalue weighted by Gasteiger charge is 2.26. The Hall–Kier alpha value is -0.830. The van der Waals surface area contributed by atoms with Crippen LogP contribution in [0.2, 0.25) is 0 Å². The maximum atomic E-state index is 4.44. The van der Waals surface area contributed by atoms with Crippen molar-refractivity contribution in [1.82, 2.24) is 14.9 Å². The molecule has 0 saturated heterocycles. The molecule has 1 aliphatic carbocycles. The summed E-state index contributed by atoms with van der Waals surface area (Å²) in [6.45, 7) is 5.71. The van der Waals surface area contributed by atoms with Crippen molar-refractivity contribution in [2.45, 2.75) is 58.4 Å². The molecule has 2 rings (SSSR count). The van der Waals surface area contributed by atoms with Crippen molar-refractivity contribution < 1.29 is 0 Å². The van der Waals surface area contributed by atoms with Crippen LogP contribution in [0.25, 0.3) is 0 Å². The van der Waals surface area contributed by atoms with Gasteiger partial charge in [-0.15, -0.1) is 0 Å². The summed E-state index contributed by atoms with van der Waals surface area (Å²) < 4.78 is 2.15. The normalized spacial score (nSPS) is 25.4. The van der Waals surface area contributed by atoms with E-state index in [0.29, 0.717) is 6.04 Å². The van der Waals surface area contributed by atoms with Crippen molar-refractivity contribution in [3.63, 3.8) is 0 Å². The molecule has 1 saturated carbocycles. The van der Waals surface area contributed by atoms with E-state index in [2.05, 4.69) is 35.8 Å². The molecular formula is C16H29N3. The fourth-order valence-corrected chi connectivity index (χ4v) is 3.54. The summed E-state index contributed by atoms with van der Waals surface area (Å²) in [6.07, 6.45) is 11.9. The van der Waals surface area contributed by atoms with E-state index in [1.165, 1.54) is 37.9 Å². The molecule has 19 heavy (non-hydrogen) atoms. The van der Waals surface area contributed by atoms with E-state index in [-0.39, 0.29) is 0 Å². The summed E-state index contributed by atoms with van der Waals surface area (Å²) in [6, 6.07) is 0.671. The first-order chi connectivity index (χ1) is 9.20. The lowest BCUT2D eigenvalue weighted by atomic mass is 9.77. The van der Waals surface area contributed by atoms with Crippen LogP contribution in [0.4, 0.5) is 0 Å². The van der Waals surface area contributed by atoms with Gasteiger partial charge in [0.15, 0.2) is 0 Å². The minimum absolute atomic E-state index is 0.671. The monoisotopic (exact) mass is 263 g/mol. The standard InChI is InChI=1S/C16H29N3/c1-4-17-15(14-7-5-6-13(2)12-14)8-9-16-18-10-11-19(16)3/h10-11,13-15,17H,4-9,12H2,1-3H3. The second-order valence-corrected chi connectivity index (χ2v) is 6.19. The molecule has 0 amide bonds. The molecule has 0 bridgehead atoms. The lowest BCUT2D eigenvalue weighted by Crippen LogP contribution is -2.38. The van der Waals surface area contributed by atoms with Crippen LogP contribution in [-0.2, 0) is 13.5 Å². The van der Waals surface area contributed by atoms with Crippen LogP contribution in [0, 0.1) is 11.8 Å². The van der Waals surface area contributed by atoms with Gasteiger partial charge in [0.05, 0.1) is 0 Å². The van der Waals surface area contributed by atoms with E-state index in [0.717, 1.165) is 24.8 Å². The Bertz CT molecular complexity index is 372. The maximum absolute atomic E-state index is 4.44. The van der Waals surface area contributed by atoms with Crippen molar-refractivity contribution in [2.75, 3.05) is 6.54 Å². The van der Waals surface area contributed by atoms with Gasteiger partial charge in [-0.05, 0) is 37.6 Å². The van der Waals surface area contributed by atoms with Gasteiger partial charge >= 0.3 is 0 Å². The van der Waals surface area contributed by atoms with Gasteiger partial charge in [-0.25, -0.2) is 4.98 Å². The second kappa shape index (κ2) is 7.09. The Morgan fingerprint density at radius 1 is 1.47 bits per heavy atom. The number of imidazole rings is 1. The first kappa shape index (κ1) is 14.6. The van der Waals surface area contributed by atoms with Crippen molar-refractivity contribution >= 4 is 0 Å². The van der Waals surface area contributed by atoms with E-state index in [9.17, 15) is 0 Å². The van der Waals surface area contributed by atoms with Gasteiger partial charge in [0, 0.05) is 31.9 Å². The average molecular weight is 263 g/mol. The Morgan fingerprint density at radius 3 is 2.95 bits per heavy atom. The number of aryl methyl sites for hydroxylation is 2. The van der Waals surface area contributed by atoms with Crippen LogP contribution in [0.3, 0.4) is 0 Å². The zero-order valence-corrected chi connectivity index (χ0v) is 12.7. The summed E-state index contributed by atoms with van der Waals surface area (Å²) in [5, 5.41) is 3.72. The van der Waals surface area contributed by atoms with Gasteiger partial charge in [-0.1, -0.05) is 26.7 Å². The third kappa shape index (κ3) is 4.07. The highest BCUT2D eigenvalue weighted by Crippen LogP contribution is 2.32. The largest absolute Gasteiger partial charge is 0.338 e. The third-order valence-electron chi connectivity index (χ3n) is 4.61. The molecule has 108 valence electrons. The second-order valence-electron chi connectivity index (χ2n) is 6.19. The highest BCUT2D eigenvalue weighted by molar-refractivity contribution is 4.93. The quantitative estimate of drug-likeness (QED) is 0.854. The number of hydrogen-bond donors (Lipinski definition) is 1. The molecule has 0 radical (unpaired) electrons. The molecule has 1 N–H and O–H groups in total. The molecular weight excluding hydrogens is 234 g/mol. The van der Waals surface area contributed by atoms with Gasteiger partial charge < -0.3 is 9.88 Å². The Morgan fingerprint density at radius 2 is 2.32 bits per heavy atom. The summed E-state index contributed by atoms with van der Waals surface area (Å²) in [5.41, 5.74) is 0. The number of hydrogen-bond acceptors (Lipinski definition) is 2. The predicted molar refractivity (Wildman–Crippen MR) is 80.1 cm³/mol. The smallest absolute Gasteiger partial charge is 0.108 e. The predicted octanol–water partition coefficient (Wildman–Crippen LogP) is 3.16. The molecule has 1 heterocycles. The lowest BCUT2D eigenvalue weighted by molar-refractivity contribution is 0.216. The molecule has 0 spiro atoms. The zero-order chi connectivity index (χ0) is 13.7. The van der Waals surface area contributed by atoms with Crippen molar-refractivity contribution in [3.05, 3.63) is 18.2 Å². The number of rotatable bonds is 6. The SMILES string of the molecule is CCNC(CCc1nccn1C)C1CCCC(C)C1. The van der Waals surface area contributed by atoms with Crippen LogP contribution >= 0.6 is 0 Å². The zero-order valence-electron chi connectivity index (χ0n) is 12.7. The fraction of sp³-hybridized carbons (Fsp3) is 0.812. The van der Waals surface area contributed by atoms with Gasteiger partial charge in [-0.2, -0.15) is 0 Å². The topological polar surface area (TPSA) is 29.9 Å². The van der Waals surface area contributed by atoms with Crippen LogP contribution in [0.15, 0.2) is 12.4 Å². The van der Waals surface area contributed by atoms with Crippen LogP contribution < -0.4 is 5.32 Å². The summed E-state index contributed by atoms with van der Waals surface area (Å²) >= 11 is 0. The minimum atomic E-state index is 0.671. The maximum Gasteiger partial charge on any atom is 0.108 e. The molecule has 1 aromatic rings. The number of aromatic nitrogens is 2. The molecule has 0 aromatic carbocycles. The molecule has 1 aromatic heterocycles. The summed E-state index contributed by atoms with van der Waals surface area (Å²) in [7, 11) is 2.09. The van der Waals surface area contributed by atoms with E-state index in [4.69, 9.17) is 0 Å².